The van der Waals surface area contributed by atoms with Gasteiger partial charge in [0.2, 0.25) is 0 Å². The maximum atomic E-state index is 9.20. The van der Waals surface area contributed by atoms with Crippen LogP contribution in [0.15, 0.2) is 164 Å². The van der Waals surface area contributed by atoms with E-state index in [2.05, 4.69) is 99.0 Å². The van der Waals surface area contributed by atoms with Crippen LogP contribution < -0.4 is 9.30 Å². The van der Waals surface area contributed by atoms with E-state index in [4.69, 9.17) is 19.3 Å². The quantitative estimate of drug-likeness (QED) is 0.107. The van der Waals surface area contributed by atoms with E-state index in [1.165, 1.54) is 0 Å². The monoisotopic (exact) mass is 1060 g/mol. The predicted molar refractivity (Wildman–Crippen MR) is 271 cm³/mol. The minimum Gasteiger partial charge on any atom is -0.510 e. The molecule has 67 heavy (non-hydrogen) atoms. The summed E-state index contributed by atoms with van der Waals surface area (Å²) in [7, 11) is 0. The molecule has 3 aromatic heterocycles. The minimum absolute atomic E-state index is 0. The van der Waals surface area contributed by atoms with Crippen molar-refractivity contribution >= 4 is 32.8 Å². The molecule has 6 heteroatoms. The molecule has 3 heterocycles. The Balaban J connectivity index is 0.00000706. The molecule has 0 amide bonds. The summed E-state index contributed by atoms with van der Waals surface area (Å²) in [5, 5.41) is 0.917. The topological polar surface area (TPSA) is 35.9 Å². The molecule has 338 valence electrons. The molecule has 10 aromatic rings. The number of para-hydroxylation sites is 4. The van der Waals surface area contributed by atoms with Crippen molar-refractivity contribution in [2.24, 2.45) is 5.92 Å². The zero-order valence-corrected chi connectivity index (χ0v) is 41.3. The fourth-order valence-electron chi connectivity index (χ4n) is 8.54. The molecule has 0 radical (unpaired) electrons. The summed E-state index contributed by atoms with van der Waals surface area (Å²) in [5.74, 6) is 1.66. The Hall–Kier alpha value is -6.55. The van der Waals surface area contributed by atoms with E-state index in [1.54, 1.807) is 35.0 Å². The largest absolute Gasteiger partial charge is 0.510 e. The molecule has 7 aromatic carbocycles. The number of nitrogens with zero attached hydrogens (tertiary/aromatic N) is 4. The van der Waals surface area contributed by atoms with Crippen LogP contribution >= 0.6 is 0 Å². The van der Waals surface area contributed by atoms with Gasteiger partial charge in [0.05, 0.1) is 29.1 Å². The van der Waals surface area contributed by atoms with Gasteiger partial charge in [-0.05, 0) is 90.9 Å². The normalized spacial score (nSPS) is 14.4. The molecule has 0 saturated heterocycles. The smallest absolute Gasteiger partial charge is 0.268 e. The summed E-state index contributed by atoms with van der Waals surface area (Å²) in [4.78, 5) is 4.74. The Labute approximate surface area is 422 Å². The van der Waals surface area contributed by atoms with E-state index < -0.39 is 18.1 Å². The SMILES string of the molecule is [2H]c1c([2H])c([2H])c(-c2cccc(-c3cc(C(C)(C)C)cc(C(C)(C)C)c3)c2-[n+]2[c-]n(-c3[c-]c(Oc4[c-]c5c(cc4)c4c([2H])c([2H])c([2H])c([2H])c4n5-c4cc(C(C)C(C)C)ccn4)ccc3)c3ccccc32)c([2H])c1[2H].[Pt]. The van der Waals surface area contributed by atoms with Gasteiger partial charge in [0.1, 0.15) is 5.82 Å². The summed E-state index contributed by atoms with van der Waals surface area (Å²) in [6.45, 7) is 19.5. The second-order valence-corrected chi connectivity index (χ2v) is 19.4. The van der Waals surface area contributed by atoms with Crippen molar-refractivity contribution in [3.8, 4) is 50.9 Å². The predicted octanol–water partition coefficient (Wildman–Crippen LogP) is 15.3. The second kappa shape index (κ2) is 17.9. The molecule has 0 spiro atoms. The number of hydrogen-bond donors (Lipinski definition) is 0. The number of ether oxygens (including phenoxy) is 1. The number of rotatable bonds is 9. The van der Waals surface area contributed by atoms with Crippen molar-refractivity contribution in [2.45, 2.75) is 79.1 Å². The Morgan fingerprint density at radius 3 is 2.04 bits per heavy atom. The third-order valence-corrected chi connectivity index (χ3v) is 12.6. The molecule has 5 nitrogen and oxygen atoms in total. The van der Waals surface area contributed by atoms with E-state index in [9.17, 15) is 2.74 Å². The Morgan fingerprint density at radius 1 is 0.642 bits per heavy atom. The molecule has 0 saturated carbocycles. The van der Waals surface area contributed by atoms with Crippen molar-refractivity contribution < 1.29 is 42.7 Å². The Bertz CT molecular complexity index is 3900. The molecule has 0 N–H and O–H groups in total. The molecule has 0 aliphatic heterocycles. The molecule has 10 rings (SSSR count). The third kappa shape index (κ3) is 8.67. The number of hydrogen-bond acceptors (Lipinski definition) is 2. The zero-order chi connectivity index (χ0) is 53.7. The van der Waals surface area contributed by atoms with E-state index in [-0.39, 0.29) is 85.1 Å². The fraction of sp³-hybridized carbons (Fsp3) is 0.213. The van der Waals surface area contributed by atoms with E-state index >= 15 is 0 Å². The van der Waals surface area contributed by atoms with Gasteiger partial charge in [-0.2, -0.15) is 18.2 Å². The first-order valence-corrected chi connectivity index (χ1v) is 22.4. The minimum atomic E-state index is -0.472. The number of imidazole rings is 1. The first-order valence-electron chi connectivity index (χ1n) is 26.9. The van der Waals surface area contributed by atoms with Crippen LogP contribution in [0.5, 0.6) is 11.5 Å². The summed E-state index contributed by atoms with van der Waals surface area (Å²) in [6, 6.07) is 36.9. The van der Waals surface area contributed by atoms with Gasteiger partial charge in [-0.15, -0.1) is 29.7 Å². The zero-order valence-electron chi connectivity index (χ0n) is 48.1. The fourth-order valence-corrected chi connectivity index (χ4v) is 8.54. The number of aromatic nitrogens is 4. The average molecular weight is 1070 g/mol. The van der Waals surface area contributed by atoms with Crippen molar-refractivity contribution in [3.05, 3.63) is 199 Å². The van der Waals surface area contributed by atoms with Gasteiger partial charge < -0.3 is 13.9 Å². The molecule has 0 bridgehead atoms. The third-order valence-electron chi connectivity index (χ3n) is 12.6. The Kier molecular flexibility index (Phi) is 9.53. The van der Waals surface area contributed by atoms with Crippen LogP contribution in [0, 0.1) is 24.4 Å². The molecule has 1 atom stereocenters. The van der Waals surface area contributed by atoms with E-state index in [0.717, 1.165) is 38.9 Å². The maximum absolute atomic E-state index is 9.20. The van der Waals surface area contributed by atoms with E-state index in [0.29, 0.717) is 56.5 Å². The van der Waals surface area contributed by atoms with Crippen LogP contribution in [-0.2, 0) is 31.9 Å². The number of benzene rings is 7. The first-order chi connectivity index (χ1) is 35.5. The molecular formula is C61H56N4OPt-2. The maximum Gasteiger partial charge on any atom is 0.268 e. The van der Waals surface area contributed by atoms with Gasteiger partial charge in [-0.3, -0.25) is 4.57 Å². The van der Waals surface area contributed by atoms with Gasteiger partial charge in [0.25, 0.3) is 6.33 Å². The van der Waals surface area contributed by atoms with Crippen LogP contribution in [0.1, 0.15) is 97.3 Å². The van der Waals surface area contributed by atoms with Gasteiger partial charge in [-0.25, -0.2) is 4.98 Å². The van der Waals surface area contributed by atoms with Gasteiger partial charge in [0, 0.05) is 44.3 Å². The molecule has 0 fully saturated rings. The summed E-state index contributed by atoms with van der Waals surface area (Å²) >= 11 is 0. The van der Waals surface area contributed by atoms with E-state index in [1.807, 2.05) is 69.8 Å². The van der Waals surface area contributed by atoms with Crippen LogP contribution in [0.2, 0.25) is 0 Å². The van der Waals surface area contributed by atoms with Crippen molar-refractivity contribution in [1.82, 2.24) is 14.1 Å². The molecule has 0 aliphatic rings. The van der Waals surface area contributed by atoms with Gasteiger partial charge in [0.15, 0.2) is 0 Å². The average Bonchev–Trinajstić information content (AvgIpc) is 3.94. The number of fused-ring (bicyclic) bond motifs is 4. The summed E-state index contributed by atoms with van der Waals surface area (Å²) in [6.07, 6.45) is 5.34. The first kappa shape index (κ1) is 35.6. The standard InChI is InChI=1S/C61H56N4O.Pt/c1-40(2)41(3)43-31-32-62-58(35-43)65-54-26-14-13-23-52(54)53-30-29-49(38-57(53)65)66-48-22-17-21-47(37-48)63-39-64(56-28-16-15-27-55(56)63)59-50(42-19-11-10-12-20-42)24-18-25-51(59)44-33-45(60(4,5)6)36-46(34-44)61(7,8)9;/h10-36,40-41H,1-9H3;/q-2;/i10D,11D,12D,13D,14D,19D,20D,23D,26D;. The second-order valence-electron chi connectivity index (χ2n) is 19.4. The number of pyridine rings is 1. The van der Waals surface area contributed by atoms with Crippen LogP contribution in [-0.4, -0.2) is 14.1 Å². The summed E-state index contributed by atoms with van der Waals surface area (Å²) in [5.41, 5.74) is 8.38. The molecule has 1 unspecified atom stereocenters. The summed E-state index contributed by atoms with van der Waals surface area (Å²) < 4.78 is 91.7. The van der Waals surface area contributed by atoms with Crippen molar-refractivity contribution in [3.63, 3.8) is 0 Å². The molecule has 0 aliphatic carbocycles. The van der Waals surface area contributed by atoms with Crippen LogP contribution in [0.3, 0.4) is 0 Å². The van der Waals surface area contributed by atoms with Crippen molar-refractivity contribution in [1.29, 1.82) is 0 Å². The van der Waals surface area contributed by atoms with Gasteiger partial charge >= 0.3 is 0 Å². The molecular weight excluding hydrogens is 1000 g/mol. The van der Waals surface area contributed by atoms with Crippen LogP contribution in [0.4, 0.5) is 0 Å². The Morgan fingerprint density at radius 2 is 1.31 bits per heavy atom. The van der Waals surface area contributed by atoms with Gasteiger partial charge in [-0.1, -0.05) is 177 Å². The van der Waals surface area contributed by atoms with Crippen LogP contribution in [0.25, 0.3) is 72.3 Å². The van der Waals surface area contributed by atoms with Crippen molar-refractivity contribution in [2.75, 3.05) is 0 Å².